The Kier molecular flexibility index (Phi) is 5.79. The third kappa shape index (κ3) is 4.45. The van der Waals surface area contributed by atoms with E-state index in [0.717, 1.165) is 31.4 Å². The zero-order chi connectivity index (χ0) is 17.5. The maximum atomic E-state index is 12.9. The van der Waals surface area contributed by atoms with Crippen molar-refractivity contribution in [2.45, 2.75) is 44.6 Å². The molecule has 0 saturated carbocycles. The maximum Gasteiger partial charge on any atom is 0.223 e. The molecule has 1 saturated heterocycles. The third-order valence-electron chi connectivity index (χ3n) is 4.87. The number of aryl methyl sites for hydroxylation is 1. The van der Waals surface area contributed by atoms with Gasteiger partial charge in [0.1, 0.15) is 0 Å². The van der Waals surface area contributed by atoms with Gasteiger partial charge in [-0.05, 0) is 54.7 Å². The number of nitrogens with zero attached hydrogens (tertiary/aromatic N) is 3. The van der Waals surface area contributed by atoms with Gasteiger partial charge >= 0.3 is 0 Å². The van der Waals surface area contributed by atoms with Crippen molar-refractivity contribution in [3.63, 3.8) is 0 Å². The van der Waals surface area contributed by atoms with E-state index in [0.29, 0.717) is 18.4 Å². The van der Waals surface area contributed by atoms with Crippen LogP contribution in [0.1, 0.15) is 54.8 Å². The SMILES string of the molecule is N#Cc1ccc(CCC(=O)N2CCCCCC2c2ccncc2)cc1. The quantitative estimate of drug-likeness (QED) is 0.849. The van der Waals surface area contributed by atoms with Gasteiger partial charge in [-0.1, -0.05) is 25.0 Å². The minimum Gasteiger partial charge on any atom is -0.336 e. The normalized spacial score (nSPS) is 17.6. The fourth-order valence-corrected chi connectivity index (χ4v) is 3.48. The summed E-state index contributed by atoms with van der Waals surface area (Å²) < 4.78 is 0. The van der Waals surface area contributed by atoms with E-state index in [-0.39, 0.29) is 11.9 Å². The average Bonchev–Trinajstić information content (AvgIpc) is 2.93. The molecule has 128 valence electrons. The maximum absolute atomic E-state index is 12.9. The van der Waals surface area contributed by atoms with Crippen LogP contribution in [-0.4, -0.2) is 22.3 Å². The monoisotopic (exact) mass is 333 g/mol. The second kappa shape index (κ2) is 8.43. The number of hydrogen-bond acceptors (Lipinski definition) is 3. The number of nitriles is 1. The van der Waals surface area contributed by atoms with Gasteiger partial charge in [0, 0.05) is 25.4 Å². The van der Waals surface area contributed by atoms with Crippen LogP contribution in [0, 0.1) is 11.3 Å². The second-order valence-corrected chi connectivity index (χ2v) is 6.54. The lowest BCUT2D eigenvalue weighted by Gasteiger charge is -2.30. The van der Waals surface area contributed by atoms with E-state index in [4.69, 9.17) is 5.26 Å². The topological polar surface area (TPSA) is 57.0 Å². The number of rotatable bonds is 4. The highest BCUT2D eigenvalue weighted by Gasteiger charge is 2.26. The molecule has 1 aromatic heterocycles. The Bertz CT molecular complexity index is 734. The van der Waals surface area contributed by atoms with Crippen LogP contribution in [0.25, 0.3) is 0 Å². The zero-order valence-corrected chi connectivity index (χ0v) is 14.4. The lowest BCUT2D eigenvalue weighted by atomic mass is 10.0. The van der Waals surface area contributed by atoms with Crippen molar-refractivity contribution < 1.29 is 4.79 Å². The molecule has 1 unspecified atom stereocenters. The van der Waals surface area contributed by atoms with Gasteiger partial charge in [0.25, 0.3) is 0 Å². The summed E-state index contributed by atoms with van der Waals surface area (Å²) >= 11 is 0. The molecule has 1 fully saturated rings. The molecule has 1 aliphatic rings. The molecule has 0 radical (unpaired) electrons. The largest absolute Gasteiger partial charge is 0.336 e. The van der Waals surface area contributed by atoms with Crippen molar-refractivity contribution in [3.05, 3.63) is 65.5 Å². The molecule has 0 aliphatic carbocycles. The molecule has 1 aromatic carbocycles. The van der Waals surface area contributed by atoms with Gasteiger partial charge in [0.2, 0.25) is 5.91 Å². The summed E-state index contributed by atoms with van der Waals surface area (Å²) in [4.78, 5) is 19.0. The second-order valence-electron chi connectivity index (χ2n) is 6.54. The molecule has 4 heteroatoms. The summed E-state index contributed by atoms with van der Waals surface area (Å²) in [5.41, 5.74) is 2.94. The first-order valence-electron chi connectivity index (χ1n) is 8.96. The lowest BCUT2D eigenvalue weighted by Crippen LogP contribution is -2.35. The van der Waals surface area contributed by atoms with Crippen molar-refractivity contribution in [1.82, 2.24) is 9.88 Å². The minimum atomic E-state index is 0.166. The molecular weight excluding hydrogens is 310 g/mol. The number of pyridine rings is 1. The number of benzene rings is 1. The summed E-state index contributed by atoms with van der Waals surface area (Å²) in [7, 11) is 0. The van der Waals surface area contributed by atoms with E-state index in [1.165, 1.54) is 12.0 Å². The van der Waals surface area contributed by atoms with Gasteiger partial charge < -0.3 is 4.90 Å². The zero-order valence-electron chi connectivity index (χ0n) is 14.4. The van der Waals surface area contributed by atoms with Gasteiger partial charge in [0.05, 0.1) is 17.7 Å². The van der Waals surface area contributed by atoms with E-state index in [2.05, 4.69) is 16.0 Å². The van der Waals surface area contributed by atoms with Gasteiger partial charge in [-0.2, -0.15) is 5.26 Å². The van der Waals surface area contributed by atoms with E-state index >= 15 is 0 Å². The number of carbonyl (C=O) groups is 1. The molecule has 0 spiro atoms. The Morgan fingerprint density at radius 3 is 2.60 bits per heavy atom. The van der Waals surface area contributed by atoms with Gasteiger partial charge in [-0.15, -0.1) is 0 Å². The molecule has 2 heterocycles. The average molecular weight is 333 g/mol. The minimum absolute atomic E-state index is 0.166. The van der Waals surface area contributed by atoms with E-state index < -0.39 is 0 Å². The molecule has 0 N–H and O–H groups in total. The Morgan fingerprint density at radius 2 is 1.88 bits per heavy atom. The van der Waals surface area contributed by atoms with Crippen LogP contribution in [0.5, 0.6) is 0 Å². The molecule has 25 heavy (non-hydrogen) atoms. The van der Waals surface area contributed by atoms with E-state index in [9.17, 15) is 4.79 Å². The predicted molar refractivity (Wildman–Crippen MR) is 96.6 cm³/mol. The van der Waals surface area contributed by atoms with Crippen molar-refractivity contribution in [2.24, 2.45) is 0 Å². The van der Waals surface area contributed by atoms with Gasteiger partial charge in [-0.3, -0.25) is 9.78 Å². The molecule has 1 atom stereocenters. The van der Waals surface area contributed by atoms with Crippen LogP contribution in [0.15, 0.2) is 48.8 Å². The van der Waals surface area contributed by atoms with Crippen LogP contribution in [0.3, 0.4) is 0 Å². The van der Waals surface area contributed by atoms with E-state index in [1.807, 2.05) is 36.4 Å². The predicted octanol–water partition coefficient (Wildman–Crippen LogP) is 4.03. The van der Waals surface area contributed by atoms with Crippen LogP contribution in [0.4, 0.5) is 0 Å². The number of amides is 1. The molecular formula is C21H23N3O. The summed E-state index contributed by atoms with van der Waals surface area (Å²) in [5, 5.41) is 8.87. The van der Waals surface area contributed by atoms with Crippen LogP contribution >= 0.6 is 0 Å². The fraction of sp³-hybridized carbons (Fsp3) is 0.381. The lowest BCUT2D eigenvalue weighted by molar-refractivity contribution is -0.133. The Labute approximate surface area is 149 Å². The third-order valence-corrected chi connectivity index (χ3v) is 4.87. The standard InChI is InChI=1S/C21H23N3O/c22-16-18-7-5-17(6-8-18)9-10-21(25)24-15-3-1-2-4-20(24)19-11-13-23-14-12-19/h5-8,11-14,20H,1-4,9-10,15H2. The molecule has 3 rings (SSSR count). The molecule has 1 amide bonds. The highest BCUT2D eigenvalue weighted by atomic mass is 16.2. The Balaban J connectivity index is 1.68. The highest BCUT2D eigenvalue weighted by molar-refractivity contribution is 5.77. The molecule has 4 nitrogen and oxygen atoms in total. The Morgan fingerprint density at radius 1 is 1.12 bits per heavy atom. The van der Waals surface area contributed by atoms with E-state index in [1.54, 1.807) is 12.4 Å². The number of carbonyl (C=O) groups excluding carboxylic acids is 1. The summed E-state index contributed by atoms with van der Waals surface area (Å²) in [5.74, 6) is 0.216. The smallest absolute Gasteiger partial charge is 0.223 e. The molecule has 2 aromatic rings. The van der Waals surface area contributed by atoms with Crippen molar-refractivity contribution >= 4 is 5.91 Å². The van der Waals surface area contributed by atoms with Crippen molar-refractivity contribution in [2.75, 3.05) is 6.54 Å². The Hall–Kier alpha value is -2.67. The highest BCUT2D eigenvalue weighted by Crippen LogP contribution is 2.30. The molecule has 1 aliphatic heterocycles. The van der Waals surface area contributed by atoms with Gasteiger partial charge in [0.15, 0.2) is 0 Å². The summed E-state index contributed by atoms with van der Waals surface area (Å²) in [6, 6.07) is 13.8. The summed E-state index contributed by atoms with van der Waals surface area (Å²) in [6.45, 7) is 0.833. The molecule has 0 bridgehead atoms. The number of hydrogen-bond donors (Lipinski definition) is 0. The van der Waals surface area contributed by atoms with Crippen LogP contribution in [0.2, 0.25) is 0 Å². The first kappa shape index (κ1) is 17.2. The fourth-order valence-electron chi connectivity index (χ4n) is 3.48. The first-order valence-corrected chi connectivity index (χ1v) is 8.96. The van der Waals surface area contributed by atoms with Crippen LogP contribution in [-0.2, 0) is 11.2 Å². The summed E-state index contributed by atoms with van der Waals surface area (Å²) in [6.07, 6.45) is 9.26. The number of likely N-dealkylation sites (tertiary alicyclic amines) is 1. The van der Waals surface area contributed by atoms with Crippen LogP contribution < -0.4 is 0 Å². The number of aromatic nitrogens is 1. The van der Waals surface area contributed by atoms with Crippen molar-refractivity contribution in [1.29, 1.82) is 5.26 Å². The van der Waals surface area contributed by atoms with Crippen molar-refractivity contribution in [3.8, 4) is 6.07 Å². The van der Waals surface area contributed by atoms with Gasteiger partial charge in [-0.25, -0.2) is 0 Å². The first-order chi connectivity index (χ1) is 12.3.